The molecule has 0 aliphatic carbocycles. The Labute approximate surface area is 200 Å². The fourth-order valence-corrected chi connectivity index (χ4v) is 3.99. The number of hydrogen-bond donors (Lipinski definition) is 2. The lowest BCUT2D eigenvalue weighted by molar-refractivity contribution is -0.159. The third kappa shape index (κ3) is 7.69. The minimum absolute atomic E-state index is 0.337. The van der Waals surface area contributed by atoms with Gasteiger partial charge in [-0.05, 0) is 16.7 Å². The standard InChI is InChI=1S/C26H28N2.C2H2O4/c1-4-11-23(12-5-1)13-10-18-27-19-21-28(22-20-27)26(24-14-6-2-7-15-24)25-16-8-3-9-17-25;3-1(4)2(5)6/h1-17,26H,18-22H2;(H,3,4)(H,5,6)/b13-10+;. The van der Waals surface area contributed by atoms with Crippen molar-refractivity contribution in [3.8, 4) is 0 Å². The molecular weight excluding hydrogens is 428 g/mol. The summed E-state index contributed by atoms with van der Waals surface area (Å²) in [5.74, 6) is -3.65. The first kappa shape index (κ1) is 24.9. The van der Waals surface area contributed by atoms with E-state index in [9.17, 15) is 0 Å². The van der Waals surface area contributed by atoms with Crippen LogP contribution in [0.1, 0.15) is 22.7 Å². The first-order valence-electron chi connectivity index (χ1n) is 11.3. The summed E-state index contributed by atoms with van der Waals surface area (Å²) in [5.41, 5.74) is 4.03. The topological polar surface area (TPSA) is 81.1 Å². The van der Waals surface area contributed by atoms with Crippen LogP contribution in [0.2, 0.25) is 0 Å². The Hall–Kier alpha value is -3.74. The number of piperazine rings is 1. The summed E-state index contributed by atoms with van der Waals surface area (Å²) in [6.07, 6.45) is 4.51. The molecule has 1 aliphatic heterocycles. The molecule has 0 amide bonds. The minimum atomic E-state index is -1.82. The van der Waals surface area contributed by atoms with Crippen molar-refractivity contribution in [2.24, 2.45) is 0 Å². The number of carboxylic acids is 2. The number of carbonyl (C=O) groups is 2. The number of rotatable bonds is 6. The molecule has 34 heavy (non-hydrogen) atoms. The quantitative estimate of drug-likeness (QED) is 0.537. The summed E-state index contributed by atoms with van der Waals surface area (Å²) in [4.78, 5) is 23.4. The Bertz CT molecular complexity index is 996. The van der Waals surface area contributed by atoms with Crippen LogP contribution >= 0.6 is 0 Å². The Balaban J connectivity index is 0.000000481. The van der Waals surface area contributed by atoms with E-state index in [2.05, 4.69) is 113 Å². The lowest BCUT2D eigenvalue weighted by Crippen LogP contribution is -2.47. The fourth-order valence-electron chi connectivity index (χ4n) is 3.99. The third-order valence-electron chi connectivity index (χ3n) is 5.66. The van der Waals surface area contributed by atoms with Gasteiger partial charge in [-0.15, -0.1) is 0 Å². The van der Waals surface area contributed by atoms with Crippen LogP contribution in [0.15, 0.2) is 97.1 Å². The van der Waals surface area contributed by atoms with Crippen molar-refractivity contribution >= 4 is 18.0 Å². The van der Waals surface area contributed by atoms with Gasteiger partial charge in [-0.2, -0.15) is 0 Å². The fraction of sp³-hybridized carbons (Fsp3) is 0.214. The maximum atomic E-state index is 9.10. The third-order valence-corrected chi connectivity index (χ3v) is 5.66. The highest BCUT2D eigenvalue weighted by atomic mass is 16.4. The molecule has 2 N–H and O–H groups in total. The zero-order valence-electron chi connectivity index (χ0n) is 19.0. The van der Waals surface area contributed by atoms with Gasteiger partial charge in [-0.1, -0.05) is 103 Å². The lowest BCUT2D eigenvalue weighted by Gasteiger charge is -2.39. The summed E-state index contributed by atoms with van der Waals surface area (Å²) in [6, 6.07) is 32.7. The molecule has 176 valence electrons. The molecular formula is C28H30N2O4. The van der Waals surface area contributed by atoms with Gasteiger partial charge in [-0.3, -0.25) is 9.80 Å². The molecule has 0 radical (unpaired) electrons. The largest absolute Gasteiger partial charge is 0.473 e. The SMILES string of the molecule is C(=C\c1ccccc1)/CN1CCN(C(c2ccccc2)c2ccccc2)CC1.O=C(O)C(=O)O. The van der Waals surface area contributed by atoms with E-state index < -0.39 is 11.9 Å². The molecule has 3 aromatic rings. The van der Waals surface area contributed by atoms with Gasteiger partial charge in [0.2, 0.25) is 0 Å². The van der Waals surface area contributed by atoms with E-state index in [0.29, 0.717) is 6.04 Å². The van der Waals surface area contributed by atoms with Crippen LogP contribution < -0.4 is 0 Å². The molecule has 6 nitrogen and oxygen atoms in total. The summed E-state index contributed by atoms with van der Waals surface area (Å²) in [7, 11) is 0. The second-order valence-corrected chi connectivity index (χ2v) is 7.98. The second kappa shape index (κ2) is 13.1. The van der Waals surface area contributed by atoms with Gasteiger partial charge in [0.1, 0.15) is 0 Å². The van der Waals surface area contributed by atoms with E-state index in [4.69, 9.17) is 19.8 Å². The zero-order chi connectivity index (χ0) is 24.2. The highest BCUT2D eigenvalue weighted by Crippen LogP contribution is 2.29. The maximum Gasteiger partial charge on any atom is 0.414 e. The predicted molar refractivity (Wildman–Crippen MR) is 133 cm³/mol. The Morgan fingerprint density at radius 2 is 1.15 bits per heavy atom. The molecule has 4 rings (SSSR count). The van der Waals surface area contributed by atoms with Crippen LogP contribution in [-0.2, 0) is 9.59 Å². The summed E-state index contributed by atoms with van der Waals surface area (Å²) >= 11 is 0. The predicted octanol–water partition coefficient (Wildman–Crippen LogP) is 4.26. The highest BCUT2D eigenvalue weighted by Gasteiger charge is 2.25. The molecule has 0 unspecified atom stereocenters. The van der Waals surface area contributed by atoms with Gasteiger partial charge >= 0.3 is 11.9 Å². The minimum Gasteiger partial charge on any atom is -0.473 e. The van der Waals surface area contributed by atoms with Gasteiger partial charge < -0.3 is 10.2 Å². The molecule has 1 saturated heterocycles. The van der Waals surface area contributed by atoms with Gasteiger partial charge in [0, 0.05) is 32.7 Å². The smallest absolute Gasteiger partial charge is 0.414 e. The van der Waals surface area contributed by atoms with Crippen molar-refractivity contribution in [2.45, 2.75) is 6.04 Å². The van der Waals surface area contributed by atoms with Crippen LogP contribution in [0.5, 0.6) is 0 Å². The highest BCUT2D eigenvalue weighted by molar-refractivity contribution is 6.27. The molecule has 6 heteroatoms. The second-order valence-electron chi connectivity index (χ2n) is 7.98. The van der Waals surface area contributed by atoms with Crippen LogP contribution in [0, 0.1) is 0 Å². The summed E-state index contributed by atoms with van der Waals surface area (Å²) in [5, 5.41) is 14.8. The number of nitrogens with zero attached hydrogens (tertiary/aromatic N) is 2. The molecule has 1 fully saturated rings. The molecule has 0 aromatic heterocycles. The number of hydrogen-bond acceptors (Lipinski definition) is 4. The average Bonchev–Trinajstić information content (AvgIpc) is 2.87. The number of carboxylic acid groups (broad SMARTS) is 2. The molecule has 0 atom stereocenters. The van der Waals surface area contributed by atoms with E-state index in [1.54, 1.807) is 0 Å². The lowest BCUT2D eigenvalue weighted by atomic mass is 9.96. The van der Waals surface area contributed by atoms with Crippen molar-refractivity contribution in [3.05, 3.63) is 114 Å². The van der Waals surface area contributed by atoms with Gasteiger partial charge in [-0.25, -0.2) is 9.59 Å². The van der Waals surface area contributed by atoms with E-state index in [1.807, 2.05) is 0 Å². The van der Waals surface area contributed by atoms with E-state index in [1.165, 1.54) is 16.7 Å². The van der Waals surface area contributed by atoms with Gasteiger partial charge in [0.25, 0.3) is 0 Å². The van der Waals surface area contributed by atoms with E-state index >= 15 is 0 Å². The molecule has 1 heterocycles. The monoisotopic (exact) mass is 458 g/mol. The van der Waals surface area contributed by atoms with Crippen molar-refractivity contribution in [2.75, 3.05) is 32.7 Å². The molecule has 0 saturated carbocycles. The van der Waals surface area contributed by atoms with Crippen LogP contribution in [0.4, 0.5) is 0 Å². The molecule has 0 bridgehead atoms. The van der Waals surface area contributed by atoms with Crippen molar-refractivity contribution in [3.63, 3.8) is 0 Å². The Morgan fingerprint density at radius 1 is 0.706 bits per heavy atom. The Morgan fingerprint density at radius 3 is 1.59 bits per heavy atom. The van der Waals surface area contributed by atoms with Crippen LogP contribution in [0.3, 0.4) is 0 Å². The summed E-state index contributed by atoms with van der Waals surface area (Å²) in [6.45, 7) is 5.41. The van der Waals surface area contributed by atoms with Gasteiger partial charge in [0.15, 0.2) is 0 Å². The normalized spacial score (nSPS) is 14.5. The van der Waals surface area contributed by atoms with Crippen molar-refractivity contribution in [1.29, 1.82) is 0 Å². The first-order valence-corrected chi connectivity index (χ1v) is 11.3. The first-order chi connectivity index (χ1) is 16.5. The van der Waals surface area contributed by atoms with E-state index in [0.717, 1.165) is 32.7 Å². The van der Waals surface area contributed by atoms with Crippen molar-refractivity contribution < 1.29 is 19.8 Å². The number of benzene rings is 3. The Kier molecular flexibility index (Phi) is 9.58. The molecule has 1 aliphatic rings. The molecule has 3 aromatic carbocycles. The maximum absolute atomic E-state index is 9.10. The zero-order valence-corrected chi connectivity index (χ0v) is 19.0. The molecule has 0 spiro atoms. The average molecular weight is 459 g/mol. The summed E-state index contributed by atoms with van der Waals surface area (Å²) < 4.78 is 0. The van der Waals surface area contributed by atoms with E-state index in [-0.39, 0.29) is 0 Å². The van der Waals surface area contributed by atoms with Crippen molar-refractivity contribution in [1.82, 2.24) is 9.80 Å². The van der Waals surface area contributed by atoms with Gasteiger partial charge in [0.05, 0.1) is 6.04 Å². The van der Waals surface area contributed by atoms with Crippen LogP contribution in [0.25, 0.3) is 6.08 Å². The van der Waals surface area contributed by atoms with Crippen LogP contribution in [-0.4, -0.2) is 64.7 Å². The number of aliphatic carboxylic acids is 2.